The second kappa shape index (κ2) is 6.29. The lowest BCUT2D eigenvalue weighted by Crippen LogP contribution is -2.16. The summed E-state index contributed by atoms with van der Waals surface area (Å²) in [6, 6.07) is 7.65. The van der Waals surface area contributed by atoms with Crippen LogP contribution in [0.15, 0.2) is 41.4 Å². The molecule has 1 heterocycles. The van der Waals surface area contributed by atoms with E-state index in [-0.39, 0.29) is 23.1 Å². The molecule has 0 fully saturated rings. The van der Waals surface area contributed by atoms with Crippen molar-refractivity contribution in [1.82, 2.24) is 4.98 Å². The van der Waals surface area contributed by atoms with E-state index in [1.165, 1.54) is 24.4 Å². The van der Waals surface area contributed by atoms with Crippen molar-refractivity contribution < 1.29 is 12.8 Å². The molecule has 0 radical (unpaired) electrons. The highest BCUT2D eigenvalue weighted by molar-refractivity contribution is 7.89. The molecule has 0 aliphatic heterocycles. The molecule has 8 heteroatoms. The smallest absolute Gasteiger partial charge is 0.241 e. The van der Waals surface area contributed by atoms with Crippen LogP contribution in [0.2, 0.25) is 0 Å². The number of anilines is 2. The van der Waals surface area contributed by atoms with Crippen LogP contribution in [0.5, 0.6) is 0 Å². The molecule has 118 valence electrons. The molecule has 0 unspecified atom stereocenters. The van der Waals surface area contributed by atoms with Crippen LogP contribution >= 0.6 is 0 Å². The Hall–Kier alpha value is -2.19. The molecule has 0 saturated heterocycles. The number of aromatic nitrogens is 1. The molecule has 0 aliphatic rings. The normalized spacial score (nSPS) is 11.3. The highest BCUT2D eigenvalue weighted by atomic mass is 32.2. The average Bonchev–Trinajstić information content (AvgIpc) is 2.44. The number of sulfonamides is 1. The third-order valence-corrected chi connectivity index (χ3v) is 3.97. The van der Waals surface area contributed by atoms with Gasteiger partial charge in [0.2, 0.25) is 10.0 Å². The minimum absolute atomic E-state index is 0.0969. The standard InChI is InChI=1S/C14H17FN4O2S/c1-19(2)12-6-5-10(8-11(12)15)9-18-14-13(22(16,20)21)4-3-7-17-14/h3-8H,9H2,1-2H3,(H,17,18)(H2,16,20,21). The van der Waals surface area contributed by atoms with E-state index in [4.69, 9.17) is 5.14 Å². The molecule has 0 saturated carbocycles. The number of nitrogens with one attached hydrogen (secondary N) is 1. The molecule has 22 heavy (non-hydrogen) atoms. The quantitative estimate of drug-likeness (QED) is 0.871. The molecule has 0 spiro atoms. The van der Waals surface area contributed by atoms with Crippen LogP contribution in [0.1, 0.15) is 5.56 Å². The highest BCUT2D eigenvalue weighted by Crippen LogP contribution is 2.20. The maximum absolute atomic E-state index is 13.9. The minimum atomic E-state index is -3.87. The van der Waals surface area contributed by atoms with E-state index in [2.05, 4.69) is 10.3 Å². The fourth-order valence-electron chi connectivity index (χ4n) is 1.96. The van der Waals surface area contributed by atoms with E-state index < -0.39 is 10.0 Å². The Morgan fingerprint density at radius 2 is 2.05 bits per heavy atom. The summed E-state index contributed by atoms with van der Waals surface area (Å²) in [5.41, 5.74) is 1.14. The van der Waals surface area contributed by atoms with Gasteiger partial charge in [-0.25, -0.2) is 22.9 Å². The summed E-state index contributed by atoms with van der Waals surface area (Å²) in [6.07, 6.45) is 1.45. The maximum atomic E-state index is 13.9. The van der Waals surface area contributed by atoms with Crippen molar-refractivity contribution in [3.8, 4) is 0 Å². The number of hydrogen-bond acceptors (Lipinski definition) is 5. The first-order valence-corrected chi connectivity index (χ1v) is 8.01. The van der Waals surface area contributed by atoms with E-state index in [1.54, 1.807) is 31.1 Å². The number of nitrogens with zero attached hydrogens (tertiary/aromatic N) is 2. The SMILES string of the molecule is CN(C)c1ccc(CNc2ncccc2S(N)(=O)=O)cc1F. The van der Waals surface area contributed by atoms with Crippen LogP contribution in [0, 0.1) is 5.82 Å². The van der Waals surface area contributed by atoms with Crippen molar-refractivity contribution in [2.75, 3.05) is 24.3 Å². The Morgan fingerprint density at radius 1 is 1.32 bits per heavy atom. The molecular weight excluding hydrogens is 307 g/mol. The zero-order chi connectivity index (χ0) is 16.3. The number of rotatable bonds is 5. The molecule has 0 amide bonds. The number of primary sulfonamides is 1. The van der Waals surface area contributed by atoms with Crippen LogP contribution in [0.3, 0.4) is 0 Å². The number of benzene rings is 1. The van der Waals surface area contributed by atoms with Crippen LogP contribution in [0.25, 0.3) is 0 Å². The van der Waals surface area contributed by atoms with Gasteiger partial charge >= 0.3 is 0 Å². The number of pyridine rings is 1. The summed E-state index contributed by atoms with van der Waals surface area (Å²) in [7, 11) is -0.365. The Bertz CT molecular complexity index is 778. The van der Waals surface area contributed by atoms with Crippen molar-refractivity contribution in [3.63, 3.8) is 0 Å². The van der Waals surface area contributed by atoms with Crippen LogP contribution in [0.4, 0.5) is 15.9 Å². The molecule has 0 bridgehead atoms. The second-order valence-electron chi connectivity index (χ2n) is 4.93. The van der Waals surface area contributed by atoms with E-state index in [1.807, 2.05) is 0 Å². The first-order chi connectivity index (χ1) is 10.3. The zero-order valence-corrected chi connectivity index (χ0v) is 13.1. The summed E-state index contributed by atoms with van der Waals surface area (Å²) >= 11 is 0. The molecule has 6 nitrogen and oxygen atoms in total. The fraction of sp³-hybridized carbons (Fsp3) is 0.214. The predicted octanol–water partition coefficient (Wildman–Crippen LogP) is 1.55. The predicted molar refractivity (Wildman–Crippen MR) is 83.7 cm³/mol. The summed E-state index contributed by atoms with van der Waals surface area (Å²) in [5, 5.41) is 7.99. The topological polar surface area (TPSA) is 88.3 Å². The lowest BCUT2D eigenvalue weighted by Gasteiger charge is -2.15. The Labute approximate surface area is 128 Å². The van der Waals surface area contributed by atoms with Crippen molar-refractivity contribution in [1.29, 1.82) is 0 Å². The van der Waals surface area contributed by atoms with E-state index in [0.717, 1.165) is 0 Å². The first kappa shape index (κ1) is 16.2. The number of hydrogen-bond donors (Lipinski definition) is 2. The lowest BCUT2D eigenvalue weighted by atomic mass is 10.2. The van der Waals surface area contributed by atoms with Crippen LogP contribution in [-0.4, -0.2) is 27.5 Å². The van der Waals surface area contributed by atoms with Gasteiger partial charge in [0.1, 0.15) is 16.5 Å². The van der Waals surface area contributed by atoms with Gasteiger partial charge in [-0.05, 0) is 29.8 Å². The molecule has 0 aliphatic carbocycles. The molecular formula is C14H17FN4O2S. The molecule has 3 N–H and O–H groups in total. The molecule has 2 rings (SSSR count). The highest BCUT2D eigenvalue weighted by Gasteiger charge is 2.14. The van der Waals surface area contributed by atoms with Crippen LogP contribution < -0.4 is 15.4 Å². The third-order valence-electron chi connectivity index (χ3n) is 3.03. The van der Waals surface area contributed by atoms with E-state index in [0.29, 0.717) is 11.3 Å². The largest absolute Gasteiger partial charge is 0.375 e. The van der Waals surface area contributed by atoms with Crippen molar-refractivity contribution in [2.24, 2.45) is 5.14 Å². The molecule has 1 aromatic heterocycles. The second-order valence-corrected chi connectivity index (χ2v) is 6.46. The summed E-state index contributed by atoms with van der Waals surface area (Å²) in [6.45, 7) is 0.226. The van der Waals surface area contributed by atoms with E-state index >= 15 is 0 Å². The number of nitrogens with two attached hydrogens (primary N) is 1. The van der Waals surface area contributed by atoms with Gasteiger partial charge in [-0.3, -0.25) is 0 Å². The average molecular weight is 324 g/mol. The van der Waals surface area contributed by atoms with Gasteiger partial charge in [0, 0.05) is 26.8 Å². The van der Waals surface area contributed by atoms with Gasteiger partial charge in [-0.2, -0.15) is 0 Å². The molecule has 0 atom stereocenters. The monoisotopic (exact) mass is 324 g/mol. The van der Waals surface area contributed by atoms with Gasteiger partial charge in [0.05, 0.1) is 5.69 Å². The van der Waals surface area contributed by atoms with Crippen LogP contribution in [-0.2, 0) is 16.6 Å². The third kappa shape index (κ3) is 3.71. The van der Waals surface area contributed by atoms with Gasteiger partial charge in [0.15, 0.2) is 0 Å². The van der Waals surface area contributed by atoms with Gasteiger partial charge in [0.25, 0.3) is 0 Å². The maximum Gasteiger partial charge on any atom is 0.241 e. The summed E-state index contributed by atoms with van der Waals surface area (Å²) < 4.78 is 36.8. The van der Waals surface area contributed by atoms with Crippen molar-refractivity contribution in [3.05, 3.63) is 47.9 Å². The fourth-order valence-corrected chi connectivity index (χ4v) is 2.62. The Balaban J connectivity index is 2.20. The van der Waals surface area contributed by atoms with Gasteiger partial charge < -0.3 is 10.2 Å². The van der Waals surface area contributed by atoms with E-state index in [9.17, 15) is 12.8 Å². The molecule has 1 aromatic carbocycles. The minimum Gasteiger partial charge on any atom is -0.375 e. The number of halogens is 1. The zero-order valence-electron chi connectivity index (χ0n) is 12.2. The van der Waals surface area contributed by atoms with Gasteiger partial charge in [-0.1, -0.05) is 6.07 Å². The van der Waals surface area contributed by atoms with Gasteiger partial charge in [-0.15, -0.1) is 0 Å². The Kier molecular flexibility index (Phi) is 4.62. The Morgan fingerprint density at radius 3 is 2.64 bits per heavy atom. The van der Waals surface area contributed by atoms with Crippen molar-refractivity contribution in [2.45, 2.75) is 11.4 Å². The molecule has 2 aromatic rings. The summed E-state index contributed by atoms with van der Waals surface area (Å²) in [5.74, 6) is -0.209. The van der Waals surface area contributed by atoms with Crippen molar-refractivity contribution >= 4 is 21.5 Å². The first-order valence-electron chi connectivity index (χ1n) is 6.46. The summed E-state index contributed by atoms with van der Waals surface area (Å²) in [4.78, 5) is 5.53. The lowest BCUT2D eigenvalue weighted by molar-refractivity contribution is 0.597.